The molecule has 0 aliphatic heterocycles. The Labute approximate surface area is 160 Å². The molecule has 1 aromatic heterocycles. The Kier molecular flexibility index (Phi) is 5.82. The number of rotatable bonds is 6. The second-order valence-corrected chi connectivity index (χ2v) is 7.03. The summed E-state index contributed by atoms with van der Waals surface area (Å²) in [5, 5.41) is 17.4. The van der Waals surface area contributed by atoms with E-state index in [1.54, 1.807) is 25.1 Å². The number of nitrogens with one attached hydrogen (secondary N) is 2. The first-order chi connectivity index (χ1) is 13.0. The van der Waals surface area contributed by atoms with Crippen LogP contribution in [0.1, 0.15) is 13.8 Å². The quantitative estimate of drug-likeness (QED) is 0.636. The maximum Gasteiger partial charge on any atom is 0.237 e. The Hall–Kier alpha value is -3.20. The van der Waals surface area contributed by atoms with E-state index >= 15 is 0 Å². The molecule has 0 aliphatic carbocycles. The minimum atomic E-state index is -0.409. The fourth-order valence-corrected chi connectivity index (χ4v) is 3.12. The van der Waals surface area contributed by atoms with Crippen LogP contribution in [0.2, 0.25) is 0 Å². The summed E-state index contributed by atoms with van der Waals surface area (Å²) < 4.78 is 1.53. The highest BCUT2D eigenvalue weighted by Gasteiger charge is 2.19. The van der Waals surface area contributed by atoms with Gasteiger partial charge in [0.05, 0.1) is 10.9 Å². The molecule has 0 spiro atoms. The van der Waals surface area contributed by atoms with Crippen molar-refractivity contribution in [2.24, 2.45) is 0 Å². The van der Waals surface area contributed by atoms with Gasteiger partial charge in [0.15, 0.2) is 0 Å². The van der Waals surface area contributed by atoms with Crippen LogP contribution in [0.5, 0.6) is 0 Å². The van der Waals surface area contributed by atoms with Crippen molar-refractivity contribution in [1.82, 2.24) is 20.2 Å². The van der Waals surface area contributed by atoms with Crippen molar-refractivity contribution >= 4 is 35.0 Å². The molecule has 0 fully saturated rings. The lowest BCUT2D eigenvalue weighted by atomic mass is 10.3. The van der Waals surface area contributed by atoms with E-state index in [1.165, 1.54) is 23.4 Å². The summed E-state index contributed by atoms with van der Waals surface area (Å²) in [5.74, 6) is -0.308. The first kappa shape index (κ1) is 18.6. The van der Waals surface area contributed by atoms with E-state index in [-0.39, 0.29) is 11.8 Å². The van der Waals surface area contributed by atoms with Crippen LogP contribution in [0, 0.1) is 0 Å². The third-order valence-electron chi connectivity index (χ3n) is 3.54. The zero-order chi connectivity index (χ0) is 19.2. The van der Waals surface area contributed by atoms with Crippen molar-refractivity contribution in [2.75, 3.05) is 10.6 Å². The number of aromatic nitrogens is 4. The van der Waals surface area contributed by atoms with Gasteiger partial charge in [0, 0.05) is 18.3 Å². The number of nitrogens with zero attached hydrogens (tertiary/aromatic N) is 4. The lowest BCUT2D eigenvalue weighted by Gasteiger charge is -2.12. The molecule has 3 aromatic rings. The van der Waals surface area contributed by atoms with E-state index in [1.807, 2.05) is 36.4 Å². The minimum Gasteiger partial charge on any atom is -0.326 e. The monoisotopic (exact) mass is 382 g/mol. The fourth-order valence-electron chi connectivity index (χ4n) is 2.31. The summed E-state index contributed by atoms with van der Waals surface area (Å²) in [6, 6.07) is 16.4. The number of hydrogen-bond donors (Lipinski definition) is 2. The Morgan fingerprint density at radius 1 is 1.04 bits per heavy atom. The van der Waals surface area contributed by atoms with Crippen LogP contribution in [0.3, 0.4) is 0 Å². The number of para-hydroxylation sites is 1. The minimum absolute atomic E-state index is 0.146. The normalized spacial score (nSPS) is 11.6. The van der Waals surface area contributed by atoms with Crippen LogP contribution in [0.25, 0.3) is 5.69 Å². The molecule has 138 valence electrons. The summed E-state index contributed by atoms with van der Waals surface area (Å²) in [5.41, 5.74) is 2.06. The second-order valence-electron chi connectivity index (χ2n) is 5.72. The molecule has 0 bridgehead atoms. The Morgan fingerprint density at radius 2 is 1.78 bits per heavy atom. The van der Waals surface area contributed by atoms with Gasteiger partial charge in [-0.05, 0) is 47.7 Å². The summed E-state index contributed by atoms with van der Waals surface area (Å²) in [6.45, 7) is 3.23. The number of anilines is 2. The molecule has 2 N–H and O–H groups in total. The standard InChI is InChI=1S/C18H18N6O2S/c1-12(17(26)20-14-7-4-3-5-8-14)27-18-21-22-23-24(18)16-10-6-9-15(11-16)19-13(2)25/h3-12H,1-2H3,(H,19,25)(H,20,26). The third kappa shape index (κ3) is 4.91. The predicted molar refractivity (Wildman–Crippen MR) is 104 cm³/mol. The van der Waals surface area contributed by atoms with E-state index in [0.29, 0.717) is 16.5 Å². The highest BCUT2D eigenvalue weighted by atomic mass is 32.2. The third-order valence-corrected chi connectivity index (χ3v) is 4.58. The van der Waals surface area contributed by atoms with Gasteiger partial charge >= 0.3 is 0 Å². The van der Waals surface area contributed by atoms with Crippen LogP contribution in [-0.2, 0) is 9.59 Å². The zero-order valence-electron chi connectivity index (χ0n) is 14.8. The van der Waals surface area contributed by atoms with Crippen molar-refractivity contribution in [3.05, 3.63) is 54.6 Å². The maximum atomic E-state index is 12.4. The van der Waals surface area contributed by atoms with Crippen molar-refractivity contribution < 1.29 is 9.59 Å². The summed E-state index contributed by atoms with van der Waals surface area (Å²) in [7, 11) is 0. The average molecular weight is 382 g/mol. The molecule has 27 heavy (non-hydrogen) atoms. The van der Waals surface area contributed by atoms with Gasteiger partial charge in [-0.25, -0.2) is 0 Å². The molecule has 1 unspecified atom stereocenters. The Bertz CT molecular complexity index is 944. The molecule has 8 nitrogen and oxygen atoms in total. The SMILES string of the molecule is CC(=O)Nc1cccc(-n2nnnc2SC(C)C(=O)Nc2ccccc2)c1. The highest BCUT2D eigenvalue weighted by Crippen LogP contribution is 2.25. The summed E-state index contributed by atoms with van der Waals surface area (Å²) >= 11 is 1.25. The number of thioether (sulfide) groups is 1. The molecule has 0 saturated heterocycles. The van der Waals surface area contributed by atoms with E-state index in [9.17, 15) is 9.59 Å². The van der Waals surface area contributed by atoms with E-state index in [2.05, 4.69) is 26.2 Å². The van der Waals surface area contributed by atoms with Crippen molar-refractivity contribution in [2.45, 2.75) is 24.3 Å². The van der Waals surface area contributed by atoms with Crippen molar-refractivity contribution in [3.8, 4) is 5.69 Å². The van der Waals surface area contributed by atoms with Gasteiger partial charge < -0.3 is 10.6 Å². The topological polar surface area (TPSA) is 102 Å². The van der Waals surface area contributed by atoms with Crippen LogP contribution < -0.4 is 10.6 Å². The van der Waals surface area contributed by atoms with E-state index in [4.69, 9.17) is 0 Å². The molecular formula is C18H18N6O2S. The predicted octanol–water partition coefficient (Wildman–Crippen LogP) is 2.74. The summed E-state index contributed by atoms with van der Waals surface area (Å²) in [4.78, 5) is 23.6. The molecule has 1 heterocycles. The van der Waals surface area contributed by atoms with E-state index < -0.39 is 5.25 Å². The first-order valence-corrected chi connectivity index (χ1v) is 9.10. The summed E-state index contributed by atoms with van der Waals surface area (Å²) in [6.07, 6.45) is 0. The maximum absolute atomic E-state index is 12.4. The number of benzene rings is 2. The van der Waals surface area contributed by atoms with Gasteiger partial charge in [0.2, 0.25) is 17.0 Å². The molecule has 3 rings (SSSR count). The van der Waals surface area contributed by atoms with Gasteiger partial charge in [-0.2, -0.15) is 4.68 Å². The molecule has 0 radical (unpaired) electrons. The molecule has 0 saturated carbocycles. The number of carbonyl (C=O) groups excluding carboxylic acids is 2. The van der Waals surface area contributed by atoms with Gasteiger partial charge in [0.25, 0.3) is 0 Å². The van der Waals surface area contributed by atoms with Gasteiger partial charge in [-0.3, -0.25) is 9.59 Å². The fraction of sp³-hybridized carbons (Fsp3) is 0.167. The second kappa shape index (κ2) is 8.45. The number of amides is 2. The Morgan fingerprint density at radius 3 is 2.52 bits per heavy atom. The number of hydrogen-bond acceptors (Lipinski definition) is 6. The van der Waals surface area contributed by atoms with Crippen LogP contribution in [-0.4, -0.2) is 37.3 Å². The highest BCUT2D eigenvalue weighted by molar-refractivity contribution is 8.00. The largest absolute Gasteiger partial charge is 0.326 e. The molecule has 0 aliphatic rings. The lowest BCUT2D eigenvalue weighted by molar-refractivity contribution is -0.115. The number of tetrazole rings is 1. The van der Waals surface area contributed by atoms with Crippen LogP contribution >= 0.6 is 11.8 Å². The molecule has 1 atom stereocenters. The molecule has 9 heteroatoms. The van der Waals surface area contributed by atoms with Crippen LogP contribution in [0.4, 0.5) is 11.4 Å². The van der Waals surface area contributed by atoms with E-state index in [0.717, 1.165) is 5.69 Å². The molecule has 2 aromatic carbocycles. The number of carbonyl (C=O) groups is 2. The lowest BCUT2D eigenvalue weighted by Crippen LogP contribution is -2.22. The zero-order valence-corrected chi connectivity index (χ0v) is 15.6. The van der Waals surface area contributed by atoms with Crippen molar-refractivity contribution in [3.63, 3.8) is 0 Å². The first-order valence-electron chi connectivity index (χ1n) is 8.22. The van der Waals surface area contributed by atoms with Gasteiger partial charge in [-0.15, -0.1) is 5.10 Å². The van der Waals surface area contributed by atoms with Gasteiger partial charge in [-0.1, -0.05) is 36.0 Å². The molecule has 2 amide bonds. The Balaban J connectivity index is 1.73. The average Bonchev–Trinajstić information content (AvgIpc) is 3.10. The molecular weight excluding hydrogens is 364 g/mol. The smallest absolute Gasteiger partial charge is 0.237 e. The van der Waals surface area contributed by atoms with Crippen molar-refractivity contribution in [1.29, 1.82) is 0 Å². The van der Waals surface area contributed by atoms with Crippen LogP contribution in [0.15, 0.2) is 59.8 Å². The van der Waals surface area contributed by atoms with Gasteiger partial charge in [0.1, 0.15) is 0 Å².